The lowest BCUT2D eigenvalue weighted by Gasteiger charge is -2.24. The molecule has 138 valence electrons. The molecule has 1 saturated heterocycles. The van der Waals surface area contributed by atoms with Gasteiger partial charge in [0, 0.05) is 30.2 Å². The number of halogens is 1. The molecule has 1 amide bonds. The molecule has 0 saturated carbocycles. The molecule has 3 aromatic rings. The van der Waals surface area contributed by atoms with E-state index in [1.165, 1.54) is 6.07 Å². The van der Waals surface area contributed by atoms with Gasteiger partial charge in [0.1, 0.15) is 5.82 Å². The highest BCUT2D eigenvalue weighted by atomic mass is 19.1. The molecule has 27 heavy (non-hydrogen) atoms. The molecule has 2 aromatic carbocycles. The van der Waals surface area contributed by atoms with Crippen molar-refractivity contribution in [1.82, 2.24) is 14.7 Å². The summed E-state index contributed by atoms with van der Waals surface area (Å²) in [6.45, 7) is 1.23. The number of carbonyl (C=O) groups is 1. The average Bonchev–Trinajstić information content (AvgIpc) is 3.36. The number of nitrogens with one attached hydrogen (secondary N) is 1. The summed E-state index contributed by atoms with van der Waals surface area (Å²) in [5.41, 5.74) is 2.23. The van der Waals surface area contributed by atoms with Crippen molar-refractivity contribution >= 4 is 11.6 Å². The molecule has 0 bridgehead atoms. The number of aromatic nitrogens is 2. The monoisotopic (exact) mass is 364 g/mol. The molecule has 5 nitrogen and oxygen atoms in total. The Morgan fingerprint density at radius 2 is 2.07 bits per heavy atom. The molecule has 0 unspecified atom stereocenters. The number of anilines is 1. The first kappa shape index (κ1) is 17.4. The summed E-state index contributed by atoms with van der Waals surface area (Å²) in [5.74, 6) is -0.281. The minimum absolute atomic E-state index is 0.0542. The SMILES string of the molecule is O=C(Nc1cccc(-n2cccn2)c1)[C@H]1CCCN1Cc1ccccc1F. The van der Waals surface area contributed by atoms with Crippen molar-refractivity contribution in [3.63, 3.8) is 0 Å². The van der Waals surface area contributed by atoms with Crippen molar-refractivity contribution in [2.45, 2.75) is 25.4 Å². The van der Waals surface area contributed by atoms with Crippen LogP contribution in [0.2, 0.25) is 0 Å². The van der Waals surface area contributed by atoms with Crippen LogP contribution in [0, 0.1) is 5.82 Å². The summed E-state index contributed by atoms with van der Waals surface area (Å²) >= 11 is 0. The molecule has 1 fully saturated rings. The molecule has 0 spiro atoms. The van der Waals surface area contributed by atoms with E-state index in [1.54, 1.807) is 23.0 Å². The topological polar surface area (TPSA) is 50.2 Å². The predicted octanol–water partition coefficient (Wildman–Crippen LogP) is 3.61. The van der Waals surface area contributed by atoms with Gasteiger partial charge in [0.2, 0.25) is 5.91 Å². The smallest absolute Gasteiger partial charge is 0.241 e. The van der Waals surface area contributed by atoms with E-state index in [9.17, 15) is 9.18 Å². The van der Waals surface area contributed by atoms with E-state index >= 15 is 0 Å². The van der Waals surface area contributed by atoms with Crippen LogP contribution in [0.5, 0.6) is 0 Å². The summed E-state index contributed by atoms with van der Waals surface area (Å²) in [6, 6.07) is 15.9. The Bertz CT molecular complexity index is 925. The van der Waals surface area contributed by atoms with E-state index < -0.39 is 0 Å². The molecule has 0 aliphatic carbocycles. The summed E-state index contributed by atoms with van der Waals surface area (Å²) in [5, 5.41) is 7.21. The predicted molar refractivity (Wildman–Crippen MR) is 102 cm³/mol. The van der Waals surface area contributed by atoms with Crippen LogP contribution in [0.3, 0.4) is 0 Å². The maximum absolute atomic E-state index is 14.0. The summed E-state index contributed by atoms with van der Waals surface area (Å²) in [7, 11) is 0. The molecule has 1 aromatic heterocycles. The number of benzene rings is 2. The van der Waals surface area contributed by atoms with Crippen LogP contribution in [0.4, 0.5) is 10.1 Å². The minimum Gasteiger partial charge on any atom is -0.325 e. The largest absolute Gasteiger partial charge is 0.325 e. The van der Waals surface area contributed by atoms with Gasteiger partial charge < -0.3 is 5.32 Å². The molecule has 1 N–H and O–H groups in total. The van der Waals surface area contributed by atoms with Crippen LogP contribution in [0.15, 0.2) is 67.0 Å². The van der Waals surface area contributed by atoms with Crippen molar-refractivity contribution in [3.05, 3.63) is 78.4 Å². The third kappa shape index (κ3) is 3.90. The minimum atomic E-state index is -0.252. The second kappa shape index (κ2) is 7.72. The zero-order chi connectivity index (χ0) is 18.6. The van der Waals surface area contributed by atoms with Gasteiger partial charge in [0.05, 0.1) is 11.7 Å². The van der Waals surface area contributed by atoms with Gasteiger partial charge in [-0.05, 0) is 49.7 Å². The number of hydrogen-bond acceptors (Lipinski definition) is 3. The van der Waals surface area contributed by atoms with Crippen LogP contribution in [0.1, 0.15) is 18.4 Å². The Morgan fingerprint density at radius 1 is 1.19 bits per heavy atom. The van der Waals surface area contributed by atoms with Crippen molar-refractivity contribution in [1.29, 1.82) is 0 Å². The average molecular weight is 364 g/mol. The number of likely N-dealkylation sites (tertiary alicyclic amines) is 1. The standard InChI is InChI=1S/C21H21FN4O/c22-19-9-2-1-6-16(19)15-25-12-4-10-20(25)21(27)24-17-7-3-8-18(14-17)26-13-5-11-23-26/h1-3,5-9,11,13-14,20H,4,10,12,15H2,(H,24,27)/t20-/m1/s1. The molecule has 1 aliphatic rings. The Hall–Kier alpha value is -2.99. The van der Waals surface area contributed by atoms with Gasteiger partial charge in [0.25, 0.3) is 0 Å². The maximum atomic E-state index is 14.0. The van der Waals surface area contributed by atoms with Crippen molar-refractivity contribution in [2.24, 2.45) is 0 Å². The molecule has 2 heterocycles. The number of amides is 1. The van der Waals surface area contributed by atoms with Gasteiger partial charge in [-0.3, -0.25) is 9.69 Å². The molecule has 4 rings (SSSR count). The van der Waals surface area contributed by atoms with Crippen LogP contribution < -0.4 is 5.32 Å². The summed E-state index contributed by atoms with van der Waals surface area (Å²) < 4.78 is 15.7. The Balaban J connectivity index is 1.46. The van der Waals surface area contributed by atoms with E-state index in [4.69, 9.17) is 0 Å². The lowest BCUT2D eigenvalue weighted by Crippen LogP contribution is -2.39. The molecule has 1 aliphatic heterocycles. The van der Waals surface area contributed by atoms with Gasteiger partial charge in [0.15, 0.2) is 0 Å². The summed E-state index contributed by atoms with van der Waals surface area (Å²) in [4.78, 5) is 14.9. The van der Waals surface area contributed by atoms with Crippen molar-refractivity contribution < 1.29 is 9.18 Å². The van der Waals surface area contributed by atoms with Gasteiger partial charge >= 0.3 is 0 Å². The number of nitrogens with zero attached hydrogens (tertiary/aromatic N) is 3. The van der Waals surface area contributed by atoms with E-state index in [2.05, 4.69) is 10.4 Å². The second-order valence-electron chi connectivity index (χ2n) is 6.71. The fourth-order valence-electron chi connectivity index (χ4n) is 3.53. The maximum Gasteiger partial charge on any atom is 0.241 e. The van der Waals surface area contributed by atoms with E-state index in [0.717, 1.165) is 30.8 Å². The first-order valence-corrected chi connectivity index (χ1v) is 9.09. The molecular formula is C21H21FN4O. The molecule has 1 atom stereocenters. The van der Waals surface area contributed by atoms with Gasteiger partial charge in [-0.25, -0.2) is 9.07 Å². The molecule has 6 heteroatoms. The van der Waals surface area contributed by atoms with E-state index in [-0.39, 0.29) is 17.8 Å². The molecule has 0 radical (unpaired) electrons. The van der Waals surface area contributed by atoms with Gasteiger partial charge in [-0.15, -0.1) is 0 Å². The summed E-state index contributed by atoms with van der Waals surface area (Å²) in [6.07, 6.45) is 5.28. The fraction of sp³-hybridized carbons (Fsp3) is 0.238. The normalized spacial score (nSPS) is 17.1. The highest BCUT2D eigenvalue weighted by molar-refractivity contribution is 5.95. The molecular weight excluding hydrogens is 343 g/mol. The number of carbonyl (C=O) groups excluding carboxylic acids is 1. The number of rotatable bonds is 5. The van der Waals surface area contributed by atoms with Gasteiger partial charge in [-0.1, -0.05) is 24.3 Å². The third-order valence-corrected chi connectivity index (χ3v) is 4.88. The highest BCUT2D eigenvalue weighted by Gasteiger charge is 2.31. The van der Waals surface area contributed by atoms with Crippen molar-refractivity contribution in [2.75, 3.05) is 11.9 Å². The van der Waals surface area contributed by atoms with Crippen LogP contribution >= 0.6 is 0 Å². The third-order valence-electron chi connectivity index (χ3n) is 4.88. The van der Waals surface area contributed by atoms with E-state index in [0.29, 0.717) is 12.1 Å². The Morgan fingerprint density at radius 3 is 2.89 bits per heavy atom. The fourth-order valence-corrected chi connectivity index (χ4v) is 3.53. The van der Waals surface area contributed by atoms with Crippen LogP contribution in [-0.2, 0) is 11.3 Å². The van der Waals surface area contributed by atoms with Crippen molar-refractivity contribution in [3.8, 4) is 5.69 Å². The van der Waals surface area contributed by atoms with Crippen LogP contribution in [-0.4, -0.2) is 33.2 Å². The lowest BCUT2D eigenvalue weighted by molar-refractivity contribution is -0.120. The quantitative estimate of drug-likeness (QED) is 0.752. The van der Waals surface area contributed by atoms with Crippen LogP contribution in [0.25, 0.3) is 5.69 Å². The highest BCUT2D eigenvalue weighted by Crippen LogP contribution is 2.23. The van der Waals surface area contributed by atoms with Gasteiger partial charge in [-0.2, -0.15) is 5.10 Å². The second-order valence-corrected chi connectivity index (χ2v) is 6.71. The Labute approximate surface area is 157 Å². The first-order chi connectivity index (χ1) is 13.2. The zero-order valence-corrected chi connectivity index (χ0v) is 14.9. The number of hydrogen-bond donors (Lipinski definition) is 1. The lowest BCUT2D eigenvalue weighted by atomic mass is 10.1. The van der Waals surface area contributed by atoms with E-state index in [1.807, 2.05) is 47.5 Å². The Kier molecular flexibility index (Phi) is 4.98. The first-order valence-electron chi connectivity index (χ1n) is 9.09. The zero-order valence-electron chi connectivity index (χ0n) is 14.9.